The topological polar surface area (TPSA) is 62.5 Å². The molecule has 0 aliphatic heterocycles. The van der Waals surface area contributed by atoms with Gasteiger partial charge in [-0.05, 0) is 19.2 Å². The van der Waals surface area contributed by atoms with Crippen molar-refractivity contribution in [2.24, 2.45) is 0 Å². The summed E-state index contributed by atoms with van der Waals surface area (Å²) in [7, 11) is 0. The van der Waals surface area contributed by atoms with Crippen LogP contribution in [-0.2, 0) is 0 Å². The molecule has 0 fully saturated rings. The van der Waals surface area contributed by atoms with Gasteiger partial charge in [-0.25, -0.2) is 18.3 Å². The van der Waals surface area contributed by atoms with Crippen LogP contribution in [0.3, 0.4) is 0 Å². The molecular weight excluding hydrogens is 364 g/mol. The normalized spacial score (nSPS) is 11.5. The maximum absolute atomic E-state index is 13.6. The highest BCUT2D eigenvalue weighted by molar-refractivity contribution is 5.99. The molecule has 0 bridgehead atoms. The van der Waals surface area contributed by atoms with E-state index in [2.05, 4.69) is 34.1 Å². The number of likely N-dealkylation sites (N-methyl/N-ethyl adjacent to an activating group) is 1. The Bertz CT molecular complexity index is 938. The monoisotopic (exact) mass is 387 g/mol. The Kier molecular flexibility index (Phi) is 6.30. The van der Waals surface area contributed by atoms with Crippen LogP contribution in [0.25, 0.3) is 16.9 Å². The molecule has 6 nitrogen and oxygen atoms in total. The Hall–Kier alpha value is -2.87. The van der Waals surface area contributed by atoms with Crippen LogP contribution < -0.4 is 5.32 Å². The molecule has 148 valence electrons. The van der Waals surface area contributed by atoms with E-state index >= 15 is 0 Å². The van der Waals surface area contributed by atoms with Gasteiger partial charge in [0.05, 0.1) is 11.9 Å². The van der Waals surface area contributed by atoms with Crippen LogP contribution in [0.1, 0.15) is 36.3 Å². The van der Waals surface area contributed by atoms with E-state index in [4.69, 9.17) is 0 Å². The van der Waals surface area contributed by atoms with Crippen molar-refractivity contribution >= 4 is 11.6 Å². The van der Waals surface area contributed by atoms with E-state index in [0.29, 0.717) is 24.3 Å². The van der Waals surface area contributed by atoms with Crippen molar-refractivity contribution in [2.75, 3.05) is 26.2 Å². The molecule has 8 heteroatoms. The first kappa shape index (κ1) is 19.9. The smallest absolute Gasteiger partial charge is 0.280 e. The maximum atomic E-state index is 13.6. The number of halogens is 2. The standard InChI is InChI=1S/C20H23F2N5O/c1-3-26(4-2)11-10-23-20(28)15-13-24-27-17(18(21)22)12-16(25-19(15)27)14-8-6-5-7-9-14/h5-9,12-13,18H,3-4,10-11H2,1-2H3,(H,23,28). The predicted molar refractivity (Wildman–Crippen MR) is 104 cm³/mol. The lowest BCUT2D eigenvalue weighted by molar-refractivity contribution is 0.0950. The first-order chi connectivity index (χ1) is 13.5. The van der Waals surface area contributed by atoms with Gasteiger partial charge in [-0.3, -0.25) is 4.79 Å². The molecule has 2 aromatic heterocycles. The van der Waals surface area contributed by atoms with E-state index < -0.39 is 6.43 Å². The van der Waals surface area contributed by atoms with Gasteiger partial charge in [-0.2, -0.15) is 5.10 Å². The number of alkyl halides is 2. The molecular formula is C20H23F2N5O. The van der Waals surface area contributed by atoms with Crippen molar-refractivity contribution in [3.05, 3.63) is 53.9 Å². The molecule has 3 aromatic rings. The molecule has 2 heterocycles. The van der Waals surface area contributed by atoms with Crippen molar-refractivity contribution < 1.29 is 13.6 Å². The van der Waals surface area contributed by atoms with E-state index in [0.717, 1.165) is 17.6 Å². The van der Waals surface area contributed by atoms with Crippen LogP contribution in [0.4, 0.5) is 8.78 Å². The van der Waals surface area contributed by atoms with Crippen LogP contribution in [0, 0.1) is 0 Å². The maximum Gasteiger partial charge on any atom is 0.280 e. The zero-order valence-electron chi connectivity index (χ0n) is 15.9. The molecule has 1 N–H and O–H groups in total. The summed E-state index contributed by atoms with van der Waals surface area (Å²) in [5.41, 5.74) is 1.07. The molecule has 0 saturated heterocycles. The summed E-state index contributed by atoms with van der Waals surface area (Å²) in [6, 6.07) is 10.3. The van der Waals surface area contributed by atoms with Crippen LogP contribution in [0.15, 0.2) is 42.6 Å². The molecule has 0 atom stereocenters. The SMILES string of the molecule is CCN(CC)CCNC(=O)c1cnn2c(C(F)F)cc(-c3ccccc3)nc12. The number of amides is 1. The summed E-state index contributed by atoms with van der Waals surface area (Å²) in [6.45, 7) is 7.06. The first-order valence-corrected chi connectivity index (χ1v) is 9.28. The number of hydrogen-bond donors (Lipinski definition) is 1. The fourth-order valence-electron chi connectivity index (χ4n) is 3.02. The Morgan fingerprint density at radius 1 is 1.21 bits per heavy atom. The van der Waals surface area contributed by atoms with Gasteiger partial charge < -0.3 is 10.2 Å². The fraction of sp³-hybridized carbons (Fsp3) is 0.350. The number of carbonyl (C=O) groups excluding carboxylic acids is 1. The first-order valence-electron chi connectivity index (χ1n) is 9.28. The fourth-order valence-corrected chi connectivity index (χ4v) is 3.02. The van der Waals surface area contributed by atoms with Gasteiger partial charge in [0.15, 0.2) is 5.65 Å². The Balaban J connectivity index is 1.93. The Morgan fingerprint density at radius 2 is 1.93 bits per heavy atom. The summed E-state index contributed by atoms with van der Waals surface area (Å²) in [5, 5.41) is 6.80. The van der Waals surface area contributed by atoms with Crippen LogP contribution in [-0.4, -0.2) is 51.6 Å². The highest BCUT2D eigenvalue weighted by Crippen LogP contribution is 2.26. The van der Waals surface area contributed by atoms with Gasteiger partial charge >= 0.3 is 0 Å². The molecule has 0 radical (unpaired) electrons. The second-order valence-electron chi connectivity index (χ2n) is 6.31. The second-order valence-corrected chi connectivity index (χ2v) is 6.31. The third-order valence-electron chi connectivity index (χ3n) is 4.65. The second kappa shape index (κ2) is 8.88. The molecule has 28 heavy (non-hydrogen) atoms. The van der Waals surface area contributed by atoms with Gasteiger partial charge in [-0.15, -0.1) is 0 Å². The lowest BCUT2D eigenvalue weighted by atomic mass is 10.1. The van der Waals surface area contributed by atoms with E-state index in [1.807, 2.05) is 6.07 Å². The highest BCUT2D eigenvalue weighted by atomic mass is 19.3. The number of aromatic nitrogens is 3. The summed E-state index contributed by atoms with van der Waals surface area (Å²) in [6.07, 6.45) is -1.46. The van der Waals surface area contributed by atoms with Crippen molar-refractivity contribution in [1.29, 1.82) is 0 Å². The average molecular weight is 387 g/mol. The van der Waals surface area contributed by atoms with Crippen molar-refractivity contribution in [3.8, 4) is 11.3 Å². The zero-order chi connectivity index (χ0) is 20.1. The minimum absolute atomic E-state index is 0.122. The zero-order valence-corrected chi connectivity index (χ0v) is 15.9. The number of carbonyl (C=O) groups is 1. The van der Waals surface area contributed by atoms with Crippen LogP contribution >= 0.6 is 0 Å². The molecule has 1 aromatic carbocycles. The van der Waals surface area contributed by atoms with Gasteiger partial charge in [0.25, 0.3) is 12.3 Å². The van der Waals surface area contributed by atoms with E-state index in [1.165, 1.54) is 12.3 Å². The molecule has 0 spiro atoms. The van der Waals surface area contributed by atoms with Crippen molar-refractivity contribution in [3.63, 3.8) is 0 Å². The number of hydrogen-bond acceptors (Lipinski definition) is 4. The van der Waals surface area contributed by atoms with Crippen molar-refractivity contribution in [2.45, 2.75) is 20.3 Å². The quantitative estimate of drug-likeness (QED) is 0.644. The van der Waals surface area contributed by atoms with Crippen LogP contribution in [0.5, 0.6) is 0 Å². The third-order valence-corrected chi connectivity index (χ3v) is 4.65. The molecule has 3 rings (SSSR count). The summed E-state index contributed by atoms with van der Waals surface area (Å²) in [4.78, 5) is 19.2. The third kappa shape index (κ3) is 4.17. The summed E-state index contributed by atoms with van der Waals surface area (Å²) < 4.78 is 28.2. The minimum atomic E-state index is -2.74. The van der Waals surface area contributed by atoms with E-state index in [-0.39, 0.29) is 22.8 Å². The highest BCUT2D eigenvalue weighted by Gasteiger charge is 2.21. The van der Waals surface area contributed by atoms with Crippen LogP contribution in [0.2, 0.25) is 0 Å². The van der Waals surface area contributed by atoms with E-state index in [9.17, 15) is 13.6 Å². The number of fused-ring (bicyclic) bond motifs is 1. The number of nitrogens with zero attached hydrogens (tertiary/aromatic N) is 4. The number of rotatable bonds is 8. The van der Waals surface area contributed by atoms with E-state index in [1.54, 1.807) is 24.3 Å². The largest absolute Gasteiger partial charge is 0.351 e. The van der Waals surface area contributed by atoms with Gasteiger partial charge in [-0.1, -0.05) is 44.2 Å². The molecule has 0 unspecified atom stereocenters. The lowest BCUT2D eigenvalue weighted by Crippen LogP contribution is -2.34. The summed E-state index contributed by atoms with van der Waals surface area (Å²) in [5.74, 6) is -0.375. The molecule has 0 aliphatic carbocycles. The molecule has 0 saturated carbocycles. The van der Waals surface area contributed by atoms with Gasteiger partial charge in [0.1, 0.15) is 11.3 Å². The Morgan fingerprint density at radius 3 is 2.57 bits per heavy atom. The predicted octanol–water partition coefficient (Wildman–Crippen LogP) is 3.41. The van der Waals surface area contributed by atoms with Crippen molar-refractivity contribution in [1.82, 2.24) is 24.8 Å². The number of benzene rings is 1. The van der Waals surface area contributed by atoms with Gasteiger partial charge in [0, 0.05) is 18.7 Å². The minimum Gasteiger partial charge on any atom is -0.351 e. The molecule has 0 aliphatic rings. The summed E-state index contributed by atoms with van der Waals surface area (Å²) >= 11 is 0. The lowest BCUT2D eigenvalue weighted by Gasteiger charge is -2.17. The molecule has 1 amide bonds. The Labute approximate surface area is 162 Å². The van der Waals surface area contributed by atoms with Gasteiger partial charge in [0.2, 0.25) is 0 Å². The average Bonchev–Trinajstić information content (AvgIpc) is 3.15. The number of nitrogens with one attached hydrogen (secondary N) is 1.